The summed E-state index contributed by atoms with van der Waals surface area (Å²) < 4.78 is 2.13. The van der Waals surface area contributed by atoms with Crippen LogP contribution in [0.15, 0.2) is 48.8 Å². The number of anilines is 2. The summed E-state index contributed by atoms with van der Waals surface area (Å²) in [7, 11) is 0. The van der Waals surface area contributed by atoms with Crippen molar-refractivity contribution in [2.24, 2.45) is 0 Å². The Kier molecular flexibility index (Phi) is 4.09. The van der Waals surface area contributed by atoms with Gasteiger partial charge in [0.25, 0.3) is 0 Å². The molecule has 0 radical (unpaired) electrons. The molecule has 4 aromatic heterocycles. The normalized spacial score (nSPS) is 11.1. The summed E-state index contributed by atoms with van der Waals surface area (Å²) in [5.74, 6) is 0.596. The Labute approximate surface area is 156 Å². The van der Waals surface area contributed by atoms with E-state index in [2.05, 4.69) is 39.6 Å². The fourth-order valence-corrected chi connectivity index (χ4v) is 3.25. The van der Waals surface area contributed by atoms with Crippen molar-refractivity contribution in [2.75, 3.05) is 5.32 Å². The number of fused-ring (bicyclic) bond motifs is 1. The first-order valence-electron chi connectivity index (χ1n) is 8.33. The molecule has 0 fully saturated rings. The van der Waals surface area contributed by atoms with E-state index in [1.807, 2.05) is 37.3 Å². The van der Waals surface area contributed by atoms with Crippen molar-refractivity contribution in [3.63, 3.8) is 0 Å². The van der Waals surface area contributed by atoms with Gasteiger partial charge in [0, 0.05) is 28.8 Å². The number of nitrogens with zero attached hydrogens (tertiary/aromatic N) is 4. The average Bonchev–Trinajstić information content (AvgIpc) is 2.97. The van der Waals surface area contributed by atoms with E-state index in [0.29, 0.717) is 10.8 Å². The molecule has 4 aromatic rings. The molecule has 5 nitrogen and oxygen atoms in total. The number of halogens is 1. The first kappa shape index (κ1) is 16.5. The molecule has 6 heteroatoms. The van der Waals surface area contributed by atoms with E-state index in [1.165, 1.54) is 0 Å². The predicted octanol–water partition coefficient (Wildman–Crippen LogP) is 5.11. The summed E-state index contributed by atoms with van der Waals surface area (Å²) in [6, 6.07) is 11.9. The molecule has 26 heavy (non-hydrogen) atoms. The number of hydrogen-bond donors (Lipinski definition) is 1. The first-order chi connectivity index (χ1) is 12.5. The van der Waals surface area contributed by atoms with Gasteiger partial charge in [0.05, 0.1) is 22.6 Å². The molecule has 0 saturated carbocycles. The molecular formula is C20H18ClN5. The van der Waals surface area contributed by atoms with Gasteiger partial charge in [-0.25, -0.2) is 9.97 Å². The third-order valence-electron chi connectivity index (χ3n) is 4.36. The van der Waals surface area contributed by atoms with Crippen molar-refractivity contribution in [1.82, 2.24) is 19.4 Å². The molecule has 130 valence electrons. The van der Waals surface area contributed by atoms with E-state index in [9.17, 15) is 0 Å². The molecule has 0 spiro atoms. The van der Waals surface area contributed by atoms with Crippen LogP contribution < -0.4 is 5.32 Å². The second-order valence-electron chi connectivity index (χ2n) is 6.27. The molecule has 0 unspecified atom stereocenters. The minimum atomic E-state index is 0.538. The van der Waals surface area contributed by atoms with Gasteiger partial charge in [-0.05, 0) is 51.1 Å². The number of aromatic nitrogens is 4. The van der Waals surface area contributed by atoms with Gasteiger partial charge < -0.3 is 9.72 Å². The van der Waals surface area contributed by atoms with E-state index in [0.717, 1.165) is 39.7 Å². The Balaban J connectivity index is 1.71. The van der Waals surface area contributed by atoms with E-state index in [4.69, 9.17) is 16.6 Å². The zero-order valence-corrected chi connectivity index (χ0v) is 15.5. The monoisotopic (exact) mass is 363 g/mol. The number of hydrogen-bond acceptors (Lipinski definition) is 4. The molecule has 4 heterocycles. The second kappa shape index (κ2) is 6.42. The smallest absolute Gasteiger partial charge is 0.149 e. The lowest BCUT2D eigenvalue weighted by Gasteiger charge is -2.09. The molecule has 4 rings (SSSR count). The van der Waals surface area contributed by atoms with Crippen LogP contribution in [-0.4, -0.2) is 19.4 Å². The second-order valence-corrected chi connectivity index (χ2v) is 6.68. The van der Waals surface area contributed by atoms with Gasteiger partial charge >= 0.3 is 0 Å². The molecule has 0 atom stereocenters. The SMILES string of the molecule is Cc1ccc(Nc2ncc(-c3nc4cccc(C)n4c3C)cc2Cl)cn1. The molecule has 0 aromatic carbocycles. The molecule has 0 aliphatic rings. The van der Waals surface area contributed by atoms with Gasteiger partial charge in [0.2, 0.25) is 0 Å². The summed E-state index contributed by atoms with van der Waals surface area (Å²) in [5.41, 5.74) is 6.71. The molecular weight excluding hydrogens is 346 g/mol. The van der Waals surface area contributed by atoms with Crippen LogP contribution in [0.1, 0.15) is 17.1 Å². The molecule has 0 bridgehead atoms. The van der Waals surface area contributed by atoms with Crippen LogP contribution in [0.3, 0.4) is 0 Å². The number of pyridine rings is 3. The van der Waals surface area contributed by atoms with Crippen LogP contribution in [0.2, 0.25) is 5.02 Å². The van der Waals surface area contributed by atoms with Crippen molar-refractivity contribution in [1.29, 1.82) is 0 Å². The Hall–Kier alpha value is -2.92. The molecule has 1 N–H and O–H groups in total. The van der Waals surface area contributed by atoms with Gasteiger partial charge in [-0.15, -0.1) is 0 Å². The van der Waals surface area contributed by atoms with E-state index >= 15 is 0 Å². The van der Waals surface area contributed by atoms with Gasteiger partial charge in [-0.1, -0.05) is 17.7 Å². The lowest BCUT2D eigenvalue weighted by Crippen LogP contribution is -1.96. The van der Waals surface area contributed by atoms with Crippen LogP contribution in [0.25, 0.3) is 16.9 Å². The lowest BCUT2D eigenvalue weighted by molar-refractivity contribution is 1.04. The Morgan fingerprint density at radius 1 is 1.00 bits per heavy atom. The molecule has 0 aliphatic carbocycles. The number of imidazole rings is 1. The van der Waals surface area contributed by atoms with Crippen molar-refractivity contribution in [3.8, 4) is 11.3 Å². The van der Waals surface area contributed by atoms with E-state index in [-0.39, 0.29) is 0 Å². The van der Waals surface area contributed by atoms with Gasteiger partial charge in [0.15, 0.2) is 0 Å². The zero-order valence-electron chi connectivity index (χ0n) is 14.8. The molecule has 0 saturated heterocycles. The largest absolute Gasteiger partial charge is 0.338 e. The lowest BCUT2D eigenvalue weighted by atomic mass is 10.2. The van der Waals surface area contributed by atoms with Crippen LogP contribution in [0.5, 0.6) is 0 Å². The predicted molar refractivity (Wildman–Crippen MR) is 105 cm³/mol. The highest BCUT2D eigenvalue weighted by atomic mass is 35.5. The first-order valence-corrected chi connectivity index (χ1v) is 8.71. The van der Waals surface area contributed by atoms with Crippen molar-refractivity contribution in [3.05, 3.63) is 70.9 Å². The highest BCUT2D eigenvalue weighted by Crippen LogP contribution is 2.30. The standard InChI is InChI=1S/C20H18ClN5/c1-12-7-8-16(11-22-12)24-20-17(21)9-15(10-23-20)19-14(3)26-13(2)5-4-6-18(26)25-19/h4-11H,1-3H3,(H,23,24). The molecule has 0 amide bonds. The van der Waals surface area contributed by atoms with E-state index < -0.39 is 0 Å². The third-order valence-corrected chi connectivity index (χ3v) is 4.65. The minimum Gasteiger partial charge on any atom is -0.338 e. The molecule has 0 aliphatic heterocycles. The topological polar surface area (TPSA) is 55.1 Å². The number of nitrogens with one attached hydrogen (secondary N) is 1. The number of aryl methyl sites for hydroxylation is 3. The maximum atomic E-state index is 6.46. The zero-order chi connectivity index (χ0) is 18.3. The maximum absolute atomic E-state index is 6.46. The van der Waals surface area contributed by atoms with Crippen LogP contribution in [-0.2, 0) is 0 Å². The summed E-state index contributed by atoms with van der Waals surface area (Å²) in [6.45, 7) is 6.07. The Morgan fingerprint density at radius 3 is 2.54 bits per heavy atom. The summed E-state index contributed by atoms with van der Waals surface area (Å²) in [5, 5.41) is 3.74. The summed E-state index contributed by atoms with van der Waals surface area (Å²) in [6.07, 6.45) is 3.55. The van der Waals surface area contributed by atoms with Gasteiger partial charge in [-0.3, -0.25) is 4.98 Å². The fraction of sp³-hybridized carbons (Fsp3) is 0.150. The highest BCUT2D eigenvalue weighted by molar-refractivity contribution is 6.33. The van der Waals surface area contributed by atoms with E-state index in [1.54, 1.807) is 12.4 Å². The van der Waals surface area contributed by atoms with Gasteiger partial charge in [-0.2, -0.15) is 0 Å². The van der Waals surface area contributed by atoms with Crippen LogP contribution in [0, 0.1) is 20.8 Å². The Bertz CT molecular complexity index is 1100. The van der Waals surface area contributed by atoms with Crippen molar-refractivity contribution < 1.29 is 0 Å². The summed E-state index contributed by atoms with van der Waals surface area (Å²) >= 11 is 6.46. The third kappa shape index (κ3) is 2.91. The maximum Gasteiger partial charge on any atom is 0.149 e. The van der Waals surface area contributed by atoms with Crippen LogP contribution in [0.4, 0.5) is 11.5 Å². The Morgan fingerprint density at radius 2 is 1.85 bits per heavy atom. The van der Waals surface area contributed by atoms with Crippen LogP contribution >= 0.6 is 11.6 Å². The van der Waals surface area contributed by atoms with Gasteiger partial charge in [0.1, 0.15) is 11.5 Å². The summed E-state index contributed by atoms with van der Waals surface area (Å²) in [4.78, 5) is 13.5. The fourth-order valence-electron chi connectivity index (χ4n) is 3.04. The highest BCUT2D eigenvalue weighted by Gasteiger charge is 2.14. The average molecular weight is 364 g/mol. The van der Waals surface area contributed by atoms with Crippen molar-refractivity contribution in [2.45, 2.75) is 20.8 Å². The minimum absolute atomic E-state index is 0.538. The van der Waals surface area contributed by atoms with Crippen molar-refractivity contribution >= 4 is 28.8 Å². The quantitative estimate of drug-likeness (QED) is 0.549. The number of rotatable bonds is 3.